The van der Waals surface area contributed by atoms with Gasteiger partial charge in [-0.25, -0.2) is 0 Å². The van der Waals surface area contributed by atoms with Gasteiger partial charge in [-0.15, -0.1) is 0 Å². The SMILES string of the molecule is CCCCCCCCC=CCCCCCCCC(=O)OC(C(=O)CCCCCCCC=CCCCCCCCC)(C(=O)CCCCCCCC=CCCCCCCCC)C(CO)(COCC(CO)(CO)CO)C(OC(=O)CCCCCCCC=CCCCCCCCC)(C(=O)CCCCCCCC=CCCCCCCCC)C(=O)CCCCCCCC=CCCCCCCCC. The normalized spacial score (nSPS) is 13.6. The van der Waals surface area contributed by atoms with E-state index in [2.05, 4.69) is 114 Å². The topological polar surface area (TPSA) is 211 Å². The first-order valence-corrected chi connectivity index (χ1v) is 56.8. The molecule has 0 unspecified atom stereocenters. The lowest BCUT2D eigenvalue weighted by atomic mass is 9.54. The minimum atomic E-state index is -3.18. The van der Waals surface area contributed by atoms with E-state index in [0.29, 0.717) is 51.4 Å². The Hall–Kier alpha value is -4.14. The number of carbonyl (C=O) groups excluding carboxylic acids is 6. The molecule has 0 aromatic carbocycles. The quantitative estimate of drug-likeness (QED) is 0.0193. The van der Waals surface area contributed by atoms with Crippen LogP contribution in [0.5, 0.6) is 0 Å². The van der Waals surface area contributed by atoms with Gasteiger partial charge in [0.25, 0.3) is 0 Å². The highest BCUT2D eigenvalue weighted by atomic mass is 16.6. The molecule has 0 aliphatic carbocycles. The lowest BCUT2D eigenvalue weighted by Crippen LogP contribution is -2.78. The fourth-order valence-electron chi connectivity index (χ4n) is 18.5. The molecule has 131 heavy (non-hydrogen) atoms. The first-order chi connectivity index (χ1) is 64.3. The first kappa shape index (κ1) is 127. The van der Waals surface area contributed by atoms with E-state index in [4.69, 9.17) is 14.2 Å². The van der Waals surface area contributed by atoms with Gasteiger partial charge in [0.1, 0.15) is 5.41 Å². The molecule has 0 bridgehead atoms. The largest absolute Gasteiger partial charge is 0.442 e. The Labute approximate surface area is 809 Å². The third-order valence-electron chi connectivity index (χ3n) is 27.4. The molecule has 0 rings (SSSR count). The second-order valence-corrected chi connectivity index (χ2v) is 39.7. The molecule has 0 heterocycles. The van der Waals surface area contributed by atoms with Crippen molar-refractivity contribution in [3.63, 3.8) is 0 Å². The molecule has 13 heteroatoms. The molecule has 0 aromatic rings. The summed E-state index contributed by atoms with van der Waals surface area (Å²) in [6, 6.07) is 0. The van der Waals surface area contributed by atoms with Gasteiger partial charge in [-0.2, -0.15) is 0 Å². The standard InChI is InChI=1S/C118H214O13/c1-7-13-19-25-31-37-43-49-55-61-67-73-79-85-91-97-109(123)117(110(124)98-92-86-80-74-68-62-56-50-44-38-32-26-20-14-8-2,130-113(127)101-95-89-83-77-71-65-59-53-47-41-35-29-23-17-11-5)116(106-122,108-129-107-115(103-119,104-120)105-121)118(111(125)99-93-87-81-75-69-63-57-51-45-39-33-27-21-15-9-3,112(126)100-94-88-82-76-70-64-58-52-46-40-34-28-22-16-10-4)131-114(128)102-96-90-84-78-72-66-60-54-48-42-36-30-24-18-12-6/h49-60,119-122H,7-48,61-108H2,1-6H3. The zero-order valence-corrected chi connectivity index (χ0v) is 87.0. The molecule has 0 fully saturated rings. The lowest BCUT2D eigenvalue weighted by Gasteiger charge is -2.54. The smallest absolute Gasteiger partial charge is 0.307 e. The molecule has 4 N–H and O–H groups in total. The van der Waals surface area contributed by atoms with Gasteiger partial charge >= 0.3 is 11.9 Å². The number of hydrogen-bond donors (Lipinski definition) is 4. The maximum Gasteiger partial charge on any atom is 0.307 e. The molecule has 0 atom stereocenters. The van der Waals surface area contributed by atoms with E-state index >= 15 is 28.8 Å². The number of rotatable bonds is 106. The van der Waals surface area contributed by atoms with Gasteiger partial charge in [-0.1, -0.05) is 423 Å². The summed E-state index contributed by atoms with van der Waals surface area (Å²) < 4.78 is 20.8. The third-order valence-corrected chi connectivity index (χ3v) is 27.4. The van der Waals surface area contributed by atoms with Gasteiger partial charge in [0.2, 0.25) is 11.2 Å². The number of unbranched alkanes of at least 4 members (excludes halogenated alkanes) is 66. The summed E-state index contributed by atoms with van der Waals surface area (Å²) in [7, 11) is 0. The van der Waals surface area contributed by atoms with E-state index in [1.165, 1.54) is 231 Å². The van der Waals surface area contributed by atoms with Crippen molar-refractivity contribution >= 4 is 35.1 Å². The summed E-state index contributed by atoms with van der Waals surface area (Å²) in [5, 5.41) is 46.7. The van der Waals surface area contributed by atoms with Crippen LogP contribution < -0.4 is 0 Å². The van der Waals surface area contributed by atoms with E-state index in [-0.39, 0.29) is 64.2 Å². The number of aliphatic hydroxyl groups is 4. The maximum absolute atomic E-state index is 17.1. The molecule has 764 valence electrons. The summed E-state index contributed by atoms with van der Waals surface area (Å²) >= 11 is 0. The van der Waals surface area contributed by atoms with Crippen molar-refractivity contribution in [3.8, 4) is 0 Å². The predicted molar refractivity (Wildman–Crippen MR) is 558 cm³/mol. The van der Waals surface area contributed by atoms with Gasteiger partial charge in [-0.05, 0) is 193 Å². The van der Waals surface area contributed by atoms with Gasteiger partial charge in [0.05, 0.1) is 45.1 Å². The van der Waals surface area contributed by atoms with Crippen LogP contribution in [-0.4, -0.2) is 106 Å². The average molecular weight is 1840 g/mol. The fourth-order valence-corrected chi connectivity index (χ4v) is 18.5. The van der Waals surface area contributed by atoms with Gasteiger partial charge in [0, 0.05) is 38.5 Å². The number of aliphatic hydroxyl groups excluding tert-OH is 4. The molecule has 0 aliphatic heterocycles. The van der Waals surface area contributed by atoms with Crippen molar-refractivity contribution in [3.05, 3.63) is 72.9 Å². The Balaban J connectivity index is 8.89. The van der Waals surface area contributed by atoms with E-state index in [1.807, 2.05) is 0 Å². The number of carbonyl (C=O) groups is 6. The summed E-state index contributed by atoms with van der Waals surface area (Å²) in [5.74, 6) is -5.45. The van der Waals surface area contributed by atoms with Crippen LogP contribution in [0.2, 0.25) is 0 Å². The van der Waals surface area contributed by atoms with Crippen molar-refractivity contribution in [2.45, 2.75) is 592 Å². The average Bonchev–Trinajstić information content (AvgIpc) is 0.690. The van der Waals surface area contributed by atoms with E-state index in [0.717, 1.165) is 193 Å². The molecular formula is C118H214O13. The monoisotopic (exact) mass is 1840 g/mol. The number of Topliss-reactive ketones (excluding diaryl/α,β-unsaturated/α-hetero) is 4. The number of esters is 2. The van der Waals surface area contributed by atoms with E-state index < -0.39 is 96.7 Å². The number of hydrogen-bond acceptors (Lipinski definition) is 13. The Kier molecular flexibility index (Phi) is 93.1. The highest BCUT2D eigenvalue weighted by Crippen LogP contribution is 2.52. The van der Waals surface area contributed by atoms with Crippen molar-refractivity contribution in [2.24, 2.45) is 10.8 Å². The van der Waals surface area contributed by atoms with Crippen molar-refractivity contribution < 1.29 is 63.4 Å². The second-order valence-electron chi connectivity index (χ2n) is 39.7. The molecule has 13 nitrogen and oxygen atoms in total. The van der Waals surface area contributed by atoms with Gasteiger partial charge in [0.15, 0.2) is 23.1 Å². The summed E-state index contributed by atoms with van der Waals surface area (Å²) in [6.45, 7) is 8.01. The van der Waals surface area contributed by atoms with Crippen LogP contribution in [-0.2, 0) is 43.0 Å². The first-order valence-electron chi connectivity index (χ1n) is 56.8. The Morgan fingerprint density at radius 3 is 0.504 bits per heavy atom. The molecule has 0 amide bonds. The lowest BCUT2D eigenvalue weighted by molar-refractivity contribution is -0.242. The second kappa shape index (κ2) is 96.1. The number of ether oxygens (including phenoxy) is 3. The molecule has 0 aliphatic rings. The van der Waals surface area contributed by atoms with Crippen LogP contribution >= 0.6 is 0 Å². The van der Waals surface area contributed by atoms with E-state index in [1.54, 1.807) is 0 Å². The van der Waals surface area contributed by atoms with Crippen molar-refractivity contribution in [1.82, 2.24) is 0 Å². The van der Waals surface area contributed by atoms with Crippen LogP contribution in [0.25, 0.3) is 0 Å². The van der Waals surface area contributed by atoms with Gasteiger partial charge in [-0.3, -0.25) is 28.8 Å². The third kappa shape index (κ3) is 66.9. The maximum atomic E-state index is 17.1. The van der Waals surface area contributed by atoms with Crippen molar-refractivity contribution in [1.29, 1.82) is 0 Å². The summed E-state index contributed by atoms with van der Waals surface area (Å²) in [6.07, 6.45) is 103. The fraction of sp³-hybridized carbons (Fsp3) is 0.847. The van der Waals surface area contributed by atoms with E-state index in [9.17, 15) is 20.4 Å². The molecule has 0 saturated carbocycles. The molecule has 0 spiro atoms. The number of ketones is 4. The van der Waals surface area contributed by atoms with Crippen LogP contribution in [0.4, 0.5) is 0 Å². The highest BCUT2D eigenvalue weighted by Gasteiger charge is 2.77. The summed E-state index contributed by atoms with van der Waals surface area (Å²) in [5.41, 5.74) is -11.1. The zero-order chi connectivity index (χ0) is 95.7. The Morgan fingerprint density at radius 2 is 0.344 bits per heavy atom. The predicted octanol–water partition coefficient (Wildman–Crippen LogP) is 34.0. The minimum absolute atomic E-state index is 0.236. The zero-order valence-electron chi connectivity index (χ0n) is 87.0. The minimum Gasteiger partial charge on any atom is -0.442 e. The van der Waals surface area contributed by atoms with Crippen LogP contribution in [0.15, 0.2) is 72.9 Å². The van der Waals surface area contributed by atoms with Crippen LogP contribution in [0.3, 0.4) is 0 Å². The summed E-state index contributed by atoms with van der Waals surface area (Å²) in [4.78, 5) is 100. The highest BCUT2D eigenvalue weighted by molar-refractivity contribution is 6.19. The van der Waals surface area contributed by atoms with Crippen molar-refractivity contribution in [2.75, 3.05) is 39.6 Å². The van der Waals surface area contributed by atoms with Crippen LogP contribution in [0.1, 0.15) is 581 Å². The number of allylic oxidation sites excluding steroid dienone is 12. The molecule has 0 saturated heterocycles. The van der Waals surface area contributed by atoms with Gasteiger partial charge < -0.3 is 34.6 Å². The Morgan fingerprint density at radius 1 is 0.191 bits per heavy atom. The molecule has 0 aromatic heterocycles. The van der Waals surface area contributed by atoms with Crippen LogP contribution in [0, 0.1) is 10.8 Å². The Bertz CT molecular complexity index is 2470. The molecular weight excluding hydrogens is 1630 g/mol. The molecule has 0 radical (unpaired) electrons.